The molecule has 116 valence electrons. The lowest BCUT2D eigenvalue weighted by molar-refractivity contribution is -0.137. The maximum atomic E-state index is 13.2. The first-order chi connectivity index (χ1) is 9.81. The Labute approximate surface area is 128 Å². The summed E-state index contributed by atoms with van der Waals surface area (Å²) in [7, 11) is 0. The standard InChI is InChI=1S/C16H20ClF2NO/c1-15(7-9-16(18,19)10-8-15)14(21)20-11-6-12-2-4-13(17)5-3-12/h2-5H,6-11H2,1H3,(H,20,21). The van der Waals surface area contributed by atoms with Gasteiger partial charge in [-0.05, 0) is 37.0 Å². The zero-order chi connectivity index (χ0) is 15.5. The molecule has 1 saturated carbocycles. The van der Waals surface area contributed by atoms with E-state index in [9.17, 15) is 13.6 Å². The normalized spacial score (nSPS) is 20.0. The van der Waals surface area contributed by atoms with E-state index in [0.29, 0.717) is 18.0 Å². The number of amides is 1. The van der Waals surface area contributed by atoms with E-state index in [1.807, 2.05) is 24.3 Å². The third-order valence-electron chi connectivity index (χ3n) is 4.25. The molecule has 1 aromatic rings. The molecule has 0 heterocycles. The highest BCUT2D eigenvalue weighted by molar-refractivity contribution is 6.30. The van der Waals surface area contributed by atoms with Gasteiger partial charge in [-0.15, -0.1) is 0 Å². The van der Waals surface area contributed by atoms with Crippen molar-refractivity contribution >= 4 is 17.5 Å². The SMILES string of the molecule is CC1(C(=O)NCCc2ccc(Cl)cc2)CCC(F)(F)CC1. The van der Waals surface area contributed by atoms with Crippen LogP contribution in [-0.2, 0) is 11.2 Å². The van der Waals surface area contributed by atoms with Crippen molar-refractivity contribution < 1.29 is 13.6 Å². The molecule has 1 fully saturated rings. The maximum Gasteiger partial charge on any atom is 0.248 e. The summed E-state index contributed by atoms with van der Waals surface area (Å²) in [6.45, 7) is 2.28. The fourth-order valence-electron chi connectivity index (χ4n) is 2.58. The van der Waals surface area contributed by atoms with E-state index in [2.05, 4.69) is 5.32 Å². The predicted molar refractivity (Wildman–Crippen MR) is 79.7 cm³/mol. The largest absolute Gasteiger partial charge is 0.355 e. The van der Waals surface area contributed by atoms with Crippen LogP contribution in [-0.4, -0.2) is 18.4 Å². The van der Waals surface area contributed by atoms with Crippen LogP contribution in [0, 0.1) is 5.41 Å². The van der Waals surface area contributed by atoms with Crippen LogP contribution in [0.25, 0.3) is 0 Å². The summed E-state index contributed by atoms with van der Waals surface area (Å²) < 4.78 is 26.3. The van der Waals surface area contributed by atoms with Gasteiger partial charge in [0.1, 0.15) is 0 Å². The van der Waals surface area contributed by atoms with Gasteiger partial charge in [0, 0.05) is 29.8 Å². The van der Waals surface area contributed by atoms with E-state index in [0.717, 1.165) is 5.56 Å². The third kappa shape index (κ3) is 4.40. The molecule has 0 spiro atoms. The number of nitrogens with one attached hydrogen (secondary N) is 1. The summed E-state index contributed by atoms with van der Waals surface area (Å²) in [5, 5.41) is 3.55. The van der Waals surface area contributed by atoms with Crippen LogP contribution in [0.1, 0.15) is 38.2 Å². The van der Waals surface area contributed by atoms with Gasteiger partial charge in [0.2, 0.25) is 11.8 Å². The summed E-state index contributed by atoms with van der Waals surface area (Å²) in [6, 6.07) is 7.45. The van der Waals surface area contributed by atoms with E-state index in [1.165, 1.54) is 0 Å². The summed E-state index contributed by atoms with van der Waals surface area (Å²) in [6.07, 6.45) is 0.789. The van der Waals surface area contributed by atoms with Crippen LogP contribution in [0.4, 0.5) is 8.78 Å². The number of benzene rings is 1. The highest BCUT2D eigenvalue weighted by Gasteiger charge is 2.44. The van der Waals surface area contributed by atoms with Crippen molar-refractivity contribution in [3.63, 3.8) is 0 Å². The zero-order valence-electron chi connectivity index (χ0n) is 12.1. The molecule has 1 amide bonds. The van der Waals surface area contributed by atoms with Crippen LogP contribution in [0.2, 0.25) is 5.02 Å². The van der Waals surface area contributed by atoms with E-state index < -0.39 is 11.3 Å². The number of alkyl halides is 2. The number of rotatable bonds is 4. The quantitative estimate of drug-likeness (QED) is 0.886. The molecule has 0 atom stereocenters. The number of carbonyl (C=O) groups is 1. The Morgan fingerprint density at radius 1 is 1.19 bits per heavy atom. The van der Waals surface area contributed by atoms with Gasteiger partial charge in [-0.1, -0.05) is 30.7 Å². The molecule has 2 rings (SSSR count). The lowest BCUT2D eigenvalue weighted by Gasteiger charge is -2.35. The van der Waals surface area contributed by atoms with E-state index in [-0.39, 0.29) is 31.6 Å². The summed E-state index contributed by atoms with van der Waals surface area (Å²) in [4.78, 5) is 12.2. The molecular weight excluding hydrogens is 296 g/mol. The molecule has 0 radical (unpaired) electrons. The van der Waals surface area contributed by atoms with E-state index >= 15 is 0 Å². The second-order valence-corrected chi connectivity index (χ2v) is 6.49. The van der Waals surface area contributed by atoms with Crippen molar-refractivity contribution in [3.8, 4) is 0 Å². The van der Waals surface area contributed by atoms with Crippen LogP contribution in [0.5, 0.6) is 0 Å². The molecule has 1 aliphatic carbocycles. The van der Waals surface area contributed by atoms with E-state index in [1.54, 1.807) is 6.92 Å². The average molecular weight is 316 g/mol. The molecule has 0 unspecified atom stereocenters. The Morgan fingerprint density at radius 3 is 2.33 bits per heavy atom. The minimum atomic E-state index is -2.61. The number of carbonyl (C=O) groups excluding carboxylic acids is 1. The average Bonchev–Trinajstić information content (AvgIpc) is 2.44. The Hall–Kier alpha value is -1.16. The maximum absolute atomic E-state index is 13.2. The van der Waals surface area contributed by atoms with Gasteiger partial charge in [0.05, 0.1) is 0 Å². The van der Waals surface area contributed by atoms with Crippen LogP contribution in [0.3, 0.4) is 0 Å². The first kappa shape index (κ1) is 16.2. The Morgan fingerprint density at radius 2 is 1.76 bits per heavy atom. The third-order valence-corrected chi connectivity index (χ3v) is 4.50. The molecule has 0 saturated heterocycles. The fourth-order valence-corrected chi connectivity index (χ4v) is 2.71. The fraction of sp³-hybridized carbons (Fsp3) is 0.562. The van der Waals surface area contributed by atoms with Gasteiger partial charge >= 0.3 is 0 Å². The van der Waals surface area contributed by atoms with Crippen molar-refractivity contribution in [3.05, 3.63) is 34.9 Å². The smallest absolute Gasteiger partial charge is 0.248 e. The van der Waals surface area contributed by atoms with Crippen LogP contribution in [0.15, 0.2) is 24.3 Å². The summed E-state index contributed by atoms with van der Waals surface area (Å²) in [5.74, 6) is -2.73. The lowest BCUT2D eigenvalue weighted by Crippen LogP contribution is -2.44. The molecular formula is C16H20ClF2NO. The number of hydrogen-bond donors (Lipinski definition) is 1. The van der Waals surface area contributed by atoms with Gasteiger partial charge in [0.25, 0.3) is 0 Å². The molecule has 0 aromatic heterocycles. The van der Waals surface area contributed by atoms with Gasteiger partial charge in [-0.3, -0.25) is 4.79 Å². The summed E-state index contributed by atoms with van der Waals surface area (Å²) in [5.41, 5.74) is 0.418. The topological polar surface area (TPSA) is 29.1 Å². The van der Waals surface area contributed by atoms with Crippen molar-refractivity contribution in [2.24, 2.45) is 5.41 Å². The summed E-state index contributed by atoms with van der Waals surface area (Å²) >= 11 is 5.81. The molecule has 1 N–H and O–H groups in total. The van der Waals surface area contributed by atoms with Gasteiger partial charge in [-0.2, -0.15) is 0 Å². The number of halogens is 3. The monoisotopic (exact) mass is 315 g/mol. The minimum Gasteiger partial charge on any atom is -0.355 e. The highest BCUT2D eigenvalue weighted by atomic mass is 35.5. The molecule has 0 bridgehead atoms. The second-order valence-electron chi connectivity index (χ2n) is 6.05. The molecule has 0 aliphatic heterocycles. The highest BCUT2D eigenvalue weighted by Crippen LogP contribution is 2.43. The zero-order valence-corrected chi connectivity index (χ0v) is 12.9. The molecule has 2 nitrogen and oxygen atoms in total. The molecule has 5 heteroatoms. The van der Waals surface area contributed by atoms with Gasteiger partial charge in [0.15, 0.2) is 0 Å². The minimum absolute atomic E-state index is 0.119. The Kier molecular flexibility index (Phi) is 4.87. The Bertz CT molecular complexity index is 492. The van der Waals surface area contributed by atoms with Gasteiger partial charge < -0.3 is 5.32 Å². The first-order valence-electron chi connectivity index (χ1n) is 7.21. The van der Waals surface area contributed by atoms with Crippen molar-refractivity contribution in [2.75, 3.05) is 6.54 Å². The first-order valence-corrected chi connectivity index (χ1v) is 7.59. The van der Waals surface area contributed by atoms with Crippen molar-refractivity contribution in [2.45, 2.75) is 45.0 Å². The van der Waals surface area contributed by atoms with Crippen molar-refractivity contribution in [1.82, 2.24) is 5.32 Å². The Balaban J connectivity index is 1.80. The van der Waals surface area contributed by atoms with Crippen LogP contribution >= 0.6 is 11.6 Å². The molecule has 1 aromatic carbocycles. The van der Waals surface area contributed by atoms with E-state index in [4.69, 9.17) is 11.6 Å². The molecule has 1 aliphatic rings. The van der Waals surface area contributed by atoms with Crippen LogP contribution < -0.4 is 5.32 Å². The lowest BCUT2D eigenvalue weighted by atomic mass is 9.73. The number of hydrogen-bond acceptors (Lipinski definition) is 1. The molecule has 21 heavy (non-hydrogen) atoms. The van der Waals surface area contributed by atoms with Gasteiger partial charge in [-0.25, -0.2) is 8.78 Å². The van der Waals surface area contributed by atoms with Crippen molar-refractivity contribution in [1.29, 1.82) is 0 Å². The predicted octanol–water partition coefficient (Wildman–Crippen LogP) is 4.21. The second kappa shape index (κ2) is 6.30.